The average molecular weight is 484 g/mol. The molecular weight excluding hydrogens is 462 g/mol. The van der Waals surface area contributed by atoms with Gasteiger partial charge >= 0.3 is 0 Å². The minimum atomic E-state index is -1.46. The van der Waals surface area contributed by atoms with Crippen LogP contribution in [0.4, 0.5) is 4.39 Å². The van der Waals surface area contributed by atoms with Crippen molar-refractivity contribution < 1.29 is 14.0 Å². The average Bonchev–Trinajstić information content (AvgIpc) is 3.13. The lowest BCUT2D eigenvalue weighted by molar-refractivity contribution is -0.134. The Morgan fingerprint density at radius 3 is 2.35 bits per heavy atom. The Labute approximate surface area is 195 Å². The quantitative estimate of drug-likeness (QED) is 0.500. The van der Waals surface area contributed by atoms with Crippen LogP contribution in [0.2, 0.25) is 15.1 Å². The standard InChI is InChI=1S/C23H22Cl3FN2O2/c1-3-28-21(30)14-10-23(27,11-14)15-6-4-13(5-7-15)19-12-22(2,31-29-19)16-8-17(24)20(26)18(25)9-16/h4-9,14H,3,10-12H2,1-2H3,(H,28,30). The molecule has 1 saturated carbocycles. The third kappa shape index (κ3) is 4.15. The molecule has 0 bridgehead atoms. The molecule has 8 heteroatoms. The first kappa shape index (κ1) is 22.4. The van der Waals surface area contributed by atoms with Crippen LogP contribution in [-0.2, 0) is 20.9 Å². The molecule has 1 amide bonds. The summed E-state index contributed by atoms with van der Waals surface area (Å²) in [6.07, 6.45) is 0.914. The molecule has 1 N–H and O–H groups in total. The Morgan fingerprint density at radius 2 is 1.77 bits per heavy atom. The molecule has 1 atom stereocenters. The zero-order chi connectivity index (χ0) is 22.4. The van der Waals surface area contributed by atoms with Crippen LogP contribution >= 0.6 is 34.8 Å². The van der Waals surface area contributed by atoms with Gasteiger partial charge in [-0.15, -0.1) is 0 Å². The SMILES string of the molecule is CCNC(=O)C1CC(F)(c2ccc(C3=NOC(C)(c4cc(Cl)c(Cl)c(Cl)c4)C3)cc2)C1. The van der Waals surface area contributed by atoms with Gasteiger partial charge in [0.25, 0.3) is 0 Å². The molecular formula is C23H22Cl3FN2O2. The summed E-state index contributed by atoms with van der Waals surface area (Å²) in [7, 11) is 0. The minimum Gasteiger partial charge on any atom is -0.384 e. The second-order valence-electron chi connectivity index (χ2n) is 8.33. The summed E-state index contributed by atoms with van der Waals surface area (Å²) < 4.78 is 15.2. The third-order valence-corrected chi connectivity index (χ3v) is 7.25. The molecule has 1 aliphatic carbocycles. The number of halogens is 4. The first-order valence-corrected chi connectivity index (χ1v) is 11.3. The summed E-state index contributed by atoms with van der Waals surface area (Å²) in [5, 5.41) is 8.01. The predicted molar refractivity (Wildman–Crippen MR) is 122 cm³/mol. The van der Waals surface area contributed by atoms with Crippen molar-refractivity contribution in [3.05, 3.63) is 68.2 Å². The fourth-order valence-corrected chi connectivity index (χ4v) is 4.73. The van der Waals surface area contributed by atoms with Gasteiger partial charge in [-0.1, -0.05) is 64.2 Å². The number of carbonyl (C=O) groups is 1. The maximum Gasteiger partial charge on any atom is 0.223 e. The molecule has 0 saturated heterocycles. The van der Waals surface area contributed by atoms with Crippen LogP contribution in [0.3, 0.4) is 0 Å². The lowest BCUT2D eigenvalue weighted by Crippen LogP contribution is -2.45. The summed E-state index contributed by atoms with van der Waals surface area (Å²) in [5.74, 6) is -0.345. The second kappa shape index (κ2) is 8.27. The molecule has 2 aliphatic rings. The summed E-state index contributed by atoms with van der Waals surface area (Å²) in [6, 6.07) is 10.7. The van der Waals surface area contributed by atoms with E-state index in [0.29, 0.717) is 33.6 Å². The summed E-state index contributed by atoms with van der Waals surface area (Å²) in [4.78, 5) is 17.6. The Bertz CT molecular complexity index is 1030. The molecule has 164 valence electrons. The van der Waals surface area contributed by atoms with E-state index in [1.807, 2.05) is 26.0 Å². The predicted octanol–water partition coefficient (Wildman–Crippen LogP) is 6.40. The van der Waals surface area contributed by atoms with E-state index < -0.39 is 11.3 Å². The third-order valence-electron chi connectivity index (χ3n) is 6.05. The molecule has 0 spiro atoms. The highest BCUT2D eigenvalue weighted by Crippen LogP contribution is 2.49. The van der Waals surface area contributed by atoms with E-state index in [1.54, 1.807) is 24.3 Å². The number of amides is 1. The normalized spacial score (nSPS) is 27.3. The van der Waals surface area contributed by atoms with Gasteiger partial charge in [0.2, 0.25) is 5.91 Å². The van der Waals surface area contributed by atoms with Gasteiger partial charge in [-0.25, -0.2) is 4.39 Å². The van der Waals surface area contributed by atoms with Crippen molar-refractivity contribution in [3.63, 3.8) is 0 Å². The molecule has 0 radical (unpaired) electrons. The lowest BCUT2D eigenvalue weighted by Gasteiger charge is -2.40. The van der Waals surface area contributed by atoms with Crippen LogP contribution in [0.1, 0.15) is 49.8 Å². The van der Waals surface area contributed by atoms with Gasteiger partial charge in [0, 0.05) is 24.4 Å². The molecule has 1 unspecified atom stereocenters. The van der Waals surface area contributed by atoms with Gasteiger partial charge in [-0.2, -0.15) is 0 Å². The van der Waals surface area contributed by atoms with Crippen LogP contribution in [0, 0.1) is 5.92 Å². The van der Waals surface area contributed by atoms with Crippen molar-refractivity contribution >= 4 is 46.4 Å². The molecule has 4 nitrogen and oxygen atoms in total. The highest BCUT2D eigenvalue weighted by atomic mass is 35.5. The topological polar surface area (TPSA) is 50.7 Å². The monoisotopic (exact) mass is 482 g/mol. The van der Waals surface area contributed by atoms with Gasteiger partial charge in [0.05, 0.1) is 20.8 Å². The molecule has 1 aliphatic heterocycles. The number of nitrogens with one attached hydrogen (secondary N) is 1. The van der Waals surface area contributed by atoms with Crippen molar-refractivity contribution in [1.82, 2.24) is 5.32 Å². The maximum absolute atomic E-state index is 15.2. The van der Waals surface area contributed by atoms with E-state index >= 15 is 4.39 Å². The van der Waals surface area contributed by atoms with Gasteiger partial charge in [0.1, 0.15) is 5.67 Å². The Hall–Kier alpha value is -1.82. The Kier molecular flexibility index (Phi) is 5.97. The summed E-state index contributed by atoms with van der Waals surface area (Å²) in [5.41, 5.74) is 0.750. The Morgan fingerprint density at radius 1 is 1.16 bits per heavy atom. The molecule has 4 rings (SSSR count). The number of benzene rings is 2. The minimum absolute atomic E-state index is 0.0773. The number of alkyl halides is 1. The number of nitrogens with zero attached hydrogens (tertiary/aromatic N) is 1. The number of rotatable bonds is 5. The zero-order valence-electron chi connectivity index (χ0n) is 17.1. The van der Waals surface area contributed by atoms with E-state index in [9.17, 15) is 4.79 Å². The largest absolute Gasteiger partial charge is 0.384 e. The van der Waals surface area contributed by atoms with Gasteiger partial charge < -0.3 is 10.2 Å². The fourth-order valence-electron chi connectivity index (χ4n) is 4.13. The van der Waals surface area contributed by atoms with Crippen molar-refractivity contribution in [2.45, 2.75) is 44.4 Å². The zero-order valence-corrected chi connectivity index (χ0v) is 19.4. The lowest BCUT2D eigenvalue weighted by atomic mass is 9.68. The van der Waals surface area contributed by atoms with E-state index in [2.05, 4.69) is 10.5 Å². The van der Waals surface area contributed by atoms with Crippen molar-refractivity contribution in [2.24, 2.45) is 11.1 Å². The van der Waals surface area contributed by atoms with Gasteiger partial charge in [-0.05, 0) is 49.9 Å². The smallest absolute Gasteiger partial charge is 0.223 e. The number of carbonyl (C=O) groups excluding carboxylic acids is 1. The van der Waals surface area contributed by atoms with Crippen LogP contribution in [0.5, 0.6) is 0 Å². The van der Waals surface area contributed by atoms with E-state index in [0.717, 1.165) is 16.8 Å². The van der Waals surface area contributed by atoms with E-state index in [4.69, 9.17) is 39.6 Å². The Balaban J connectivity index is 1.46. The first-order valence-electron chi connectivity index (χ1n) is 10.1. The molecule has 1 heterocycles. The van der Waals surface area contributed by atoms with Crippen molar-refractivity contribution in [2.75, 3.05) is 6.54 Å². The van der Waals surface area contributed by atoms with E-state index in [1.165, 1.54) is 0 Å². The van der Waals surface area contributed by atoms with Crippen LogP contribution in [-0.4, -0.2) is 18.2 Å². The van der Waals surface area contributed by atoms with Crippen LogP contribution in [0.25, 0.3) is 0 Å². The van der Waals surface area contributed by atoms with Crippen LogP contribution in [0.15, 0.2) is 41.6 Å². The maximum atomic E-state index is 15.2. The van der Waals surface area contributed by atoms with E-state index in [-0.39, 0.29) is 24.7 Å². The van der Waals surface area contributed by atoms with Gasteiger partial charge in [-0.3, -0.25) is 4.79 Å². The van der Waals surface area contributed by atoms with Crippen molar-refractivity contribution in [1.29, 1.82) is 0 Å². The molecule has 1 fully saturated rings. The molecule has 31 heavy (non-hydrogen) atoms. The number of hydrogen-bond donors (Lipinski definition) is 1. The summed E-state index contributed by atoms with van der Waals surface area (Å²) in [6.45, 7) is 4.32. The first-order chi connectivity index (χ1) is 14.6. The highest BCUT2D eigenvalue weighted by molar-refractivity contribution is 6.48. The molecule has 2 aromatic carbocycles. The number of hydrogen-bond acceptors (Lipinski definition) is 3. The summed E-state index contributed by atoms with van der Waals surface area (Å²) >= 11 is 18.4. The molecule has 2 aromatic rings. The van der Waals surface area contributed by atoms with Crippen LogP contribution < -0.4 is 5.32 Å². The molecule has 0 aromatic heterocycles. The highest BCUT2D eigenvalue weighted by Gasteiger charge is 2.49. The fraction of sp³-hybridized carbons (Fsp3) is 0.391. The number of oxime groups is 1. The van der Waals surface area contributed by atoms with Crippen molar-refractivity contribution in [3.8, 4) is 0 Å². The van der Waals surface area contributed by atoms with Gasteiger partial charge in [0.15, 0.2) is 5.60 Å². The second-order valence-corrected chi connectivity index (χ2v) is 9.53.